The van der Waals surface area contributed by atoms with Gasteiger partial charge in [0.1, 0.15) is 0 Å². The molecule has 138 valence electrons. The lowest BCUT2D eigenvalue weighted by atomic mass is 9.98. The minimum absolute atomic E-state index is 0.0411. The first-order valence-corrected chi connectivity index (χ1v) is 8.81. The number of nitrogens with one attached hydrogen (secondary N) is 3. The van der Waals surface area contributed by atoms with Gasteiger partial charge in [-0.15, -0.1) is 0 Å². The lowest BCUT2D eigenvalue weighted by molar-refractivity contribution is 0.0953. The van der Waals surface area contributed by atoms with E-state index in [-0.39, 0.29) is 18.0 Å². The number of urea groups is 1. The normalized spacial score (nSPS) is 11.5. The summed E-state index contributed by atoms with van der Waals surface area (Å²) < 4.78 is 0. The molecule has 0 fully saturated rings. The fourth-order valence-corrected chi connectivity index (χ4v) is 2.78. The highest BCUT2D eigenvalue weighted by Gasteiger charge is 2.14. The monoisotopic (exact) mass is 354 g/mol. The maximum absolute atomic E-state index is 12.1. The number of carbonyl (C=O) groups is 2. The molecule has 1 aromatic heterocycles. The van der Waals surface area contributed by atoms with Gasteiger partial charge in [0.05, 0.1) is 11.6 Å². The number of aromatic nitrogens is 1. The van der Waals surface area contributed by atoms with E-state index in [2.05, 4.69) is 53.0 Å². The van der Waals surface area contributed by atoms with Gasteiger partial charge in [-0.05, 0) is 43.5 Å². The van der Waals surface area contributed by atoms with Gasteiger partial charge >= 0.3 is 6.03 Å². The third-order valence-electron chi connectivity index (χ3n) is 4.13. The Kier molecular flexibility index (Phi) is 7.14. The number of hydrogen-bond donors (Lipinski definition) is 3. The zero-order valence-electron chi connectivity index (χ0n) is 15.5. The lowest BCUT2D eigenvalue weighted by Crippen LogP contribution is -2.41. The van der Waals surface area contributed by atoms with Crippen molar-refractivity contribution in [1.29, 1.82) is 0 Å². The summed E-state index contributed by atoms with van der Waals surface area (Å²) in [5, 5.41) is 8.51. The Balaban J connectivity index is 1.77. The molecule has 0 unspecified atom stereocenters. The SMILES string of the molecule is CC[C@@H](NC(=O)NCCNC(=O)c1cccnc1)c1ccc(C)cc1C. The molecular weight excluding hydrogens is 328 g/mol. The van der Waals surface area contributed by atoms with E-state index in [1.807, 2.05) is 6.92 Å². The Bertz CT molecular complexity index is 747. The molecule has 1 atom stereocenters. The van der Waals surface area contributed by atoms with Crippen molar-refractivity contribution in [3.63, 3.8) is 0 Å². The Labute approximate surface area is 154 Å². The summed E-state index contributed by atoms with van der Waals surface area (Å²) in [6.45, 7) is 6.84. The largest absolute Gasteiger partial charge is 0.350 e. The minimum atomic E-state index is -0.243. The van der Waals surface area contributed by atoms with Crippen molar-refractivity contribution in [3.8, 4) is 0 Å². The Morgan fingerprint density at radius 1 is 1.12 bits per heavy atom. The summed E-state index contributed by atoms with van der Waals surface area (Å²) in [4.78, 5) is 27.9. The van der Waals surface area contributed by atoms with Crippen molar-refractivity contribution in [3.05, 3.63) is 65.0 Å². The van der Waals surface area contributed by atoms with E-state index in [0.29, 0.717) is 18.7 Å². The second-order valence-corrected chi connectivity index (χ2v) is 6.22. The van der Waals surface area contributed by atoms with Crippen LogP contribution in [0.4, 0.5) is 4.79 Å². The van der Waals surface area contributed by atoms with Crippen LogP contribution < -0.4 is 16.0 Å². The molecule has 0 spiro atoms. The van der Waals surface area contributed by atoms with Crippen molar-refractivity contribution >= 4 is 11.9 Å². The van der Waals surface area contributed by atoms with Crippen LogP contribution in [-0.4, -0.2) is 30.0 Å². The highest BCUT2D eigenvalue weighted by Crippen LogP contribution is 2.21. The fraction of sp³-hybridized carbons (Fsp3) is 0.350. The quantitative estimate of drug-likeness (QED) is 0.669. The summed E-state index contributed by atoms with van der Waals surface area (Å²) in [5.41, 5.74) is 3.99. The smallest absolute Gasteiger partial charge is 0.315 e. The number of rotatable bonds is 7. The summed E-state index contributed by atoms with van der Waals surface area (Å²) in [7, 11) is 0. The average molecular weight is 354 g/mol. The molecular formula is C20H26N4O2. The van der Waals surface area contributed by atoms with Gasteiger partial charge in [-0.3, -0.25) is 9.78 Å². The predicted octanol–water partition coefficient (Wildman–Crippen LogP) is 2.88. The molecule has 0 radical (unpaired) electrons. The van der Waals surface area contributed by atoms with Gasteiger partial charge in [0.15, 0.2) is 0 Å². The van der Waals surface area contributed by atoms with Crippen LogP contribution in [-0.2, 0) is 0 Å². The standard InChI is InChI=1S/C20H26N4O2/c1-4-18(17-8-7-14(2)12-15(17)3)24-20(26)23-11-10-22-19(25)16-6-5-9-21-13-16/h5-9,12-13,18H,4,10-11H2,1-3H3,(H,22,25)(H2,23,24,26)/t18-/m1/s1. The third kappa shape index (κ3) is 5.58. The number of hydrogen-bond acceptors (Lipinski definition) is 3. The fourth-order valence-electron chi connectivity index (χ4n) is 2.78. The van der Waals surface area contributed by atoms with Crippen LogP contribution in [0.1, 0.15) is 46.4 Å². The van der Waals surface area contributed by atoms with E-state index in [1.54, 1.807) is 18.3 Å². The van der Waals surface area contributed by atoms with Crippen LogP contribution in [0.2, 0.25) is 0 Å². The number of amides is 3. The van der Waals surface area contributed by atoms with Crippen molar-refractivity contribution in [1.82, 2.24) is 20.9 Å². The summed E-state index contributed by atoms with van der Waals surface area (Å²) in [6, 6.07) is 9.35. The zero-order valence-corrected chi connectivity index (χ0v) is 15.5. The summed E-state index contributed by atoms with van der Waals surface area (Å²) in [5.74, 6) is -0.206. The minimum Gasteiger partial charge on any atom is -0.350 e. The maximum atomic E-state index is 12.1. The zero-order chi connectivity index (χ0) is 18.9. The molecule has 1 heterocycles. The number of nitrogens with zero attached hydrogens (tertiary/aromatic N) is 1. The van der Waals surface area contributed by atoms with Crippen LogP contribution in [0.3, 0.4) is 0 Å². The molecule has 1 aromatic carbocycles. The molecule has 6 heteroatoms. The van der Waals surface area contributed by atoms with Gasteiger partial charge in [0.25, 0.3) is 5.91 Å². The molecule has 0 saturated carbocycles. The van der Waals surface area contributed by atoms with Crippen LogP contribution in [0.5, 0.6) is 0 Å². The predicted molar refractivity (Wildman–Crippen MR) is 102 cm³/mol. The third-order valence-corrected chi connectivity index (χ3v) is 4.13. The van der Waals surface area contributed by atoms with E-state index < -0.39 is 0 Å². The van der Waals surface area contributed by atoms with Gasteiger partial charge in [0.2, 0.25) is 0 Å². The number of aryl methyl sites for hydroxylation is 2. The van der Waals surface area contributed by atoms with E-state index in [0.717, 1.165) is 12.0 Å². The average Bonchev–Trinajstić information content (AvgIpc) is 2.64. The van der Waals surface area contributed by atoms with Crippen LogP contribution in [0, 0.1) is 13.8 Å². The van der Waals surface area contributed by atoms with Gasteiger partial charge in [-0.25, -0.2) is 4.79 Å². The summed E-state index contributed by atoms with van der Waals surface area (Å²) >= 11 is 0. The first-order chi connectivity index (χ1) is 12.5. The van der Waals surface area contributed by atoms with Crippen molar-refractivity contribution in [2.45, 2.75) is 33.2 Å². The lowest BCUT2D eigenvalue weighted by Gasteiger charge is -2.20. The molecule has 26 heavy (non-hydrogen) atoms. The topological polar surface area (TPSA) is 83.1 Å². The number of benzene rings is 1. The summed E-state index contributed by atoms with van der Waals surface area (Å²) in [6.07, 6.45) is 3.92. The second kappa shape index (κ2) is 9.56. The van der Waals surface area contributed by atoms with Gasteiger partial charge < -0.3 is 16.0 Å². The molecule has 0 aliphatic heterocycles. The van der Waals surface area contributed by atoms with Gasteiger partial charge in [-0.2, -0.15) is 0 Å². The van der Waals surface area contributed by atoms with E-state index in [9.17, 15) is 9.59 Å². The molecule has 3 N–H and O–H groups in total. The first kappa shape index (κ1) is 19.4. The van der Waals surface area contributed by atoms with Gasteiger partial charge in [0, 0.05) is 25.5 Å². The van der Waals surface area contributed by atoms with Crippen molar-refractivity contribution in [2.24, 2.45) is 0 Å². The highest BCUT2D eigenvalue weighted by molar-refractivity contribution is 5.93. The Morgan fingerprint density at radius 3 is 2.54 bits per heavy atom. The molecule has 0 aliphatic carbocycles. The molecule has 2 rings (SSSR count). The van der Waals surface area contributed by atoms with E-state index in [1.165, 1.54) is 17.3 Å². The first-order valence-electron chi connectivity index (χ1n) is 8.81. The number of pyridine rings is 1. The Hall–Kier alpha value is -2.89. The number of carbonyl (C=O) groups excluding carboxylic acids is 2. The molecule has 2 aromatic rings. The molecule has 0 bridgehead atoms. The van der Waals surface area contributed by atoms with Crippen LogP contribution in [0.15, 0.2) is 42.7 Å². The second-order valence-electron chi connectivity index (χ2n) is 6.22. The Morgan fingerprint density at radius 2 is 1.88 bits per heavy atom. The van der Waals surface area contributed by atoms with Crippen LogP contribution >= 0.6 is 0 Å². The molecule has 0 saturated heterocycles. The van der Waals surface area contributed by atoms with E-state index >= 15 is 0 Å². The van der Waals surface area contributed by atoms with Crippen molar-refractivity contribution in [2.75, 3.05) is 13.1 Å². The van der Waals surface area contributed by atoms with Crippen LogP contribution in [0.25, 0.3) is 0 Å². The molecule has 6 nitrogen and oxygen atoms in total. The van der Waals surface area contributed by atoms with E-state index in [4.69, 9.17) is 0 Å². The van der Waals surface area contributed by atoms with Gasteiger partial charge in [-0.1, -0.05) is 30.7 Å². The molecule has 0 aliphatic rings. The molecule has 3 amide bonds. The van der Waals surface area contributed by atoms with Crippen molar-refractivity contribution < 1.29 is 9.59 Å². The highest BCUT2D eigenvalue weighted by atomic mass is 16.2. The maximum Gasteiger partial charge on any atom is 0.315 e.